The number of benzene rings is 2. The number of fused-ring (bicyclic) bond motifs is 1. The fraction of sp³-hybridized carbons (Fsp3) is 0.367. The Balaban J connectivity index is 1.53. The van der Waals surface area contributed by atoms with E-state index in [9.17, 15) is 4.39 Å². The van der Waals surface area contributed by atoms with Crippen LogP contribution in [0.2, 0.25) is 5.02 Å². The summed E-state index contributed by atoms with van der Waals surface area (Å²) >= 11 is 6.67. The number of piperazine rings is 1. The normalized spacial score (nSPS) is 14.4. The Labute approximate surface area is 213 Å². The fourth-order valence-electron chi connectivity index (χ4n) is 4.56. The lowest BCUT2D eigenvalue weighted by Crippen LogP contribution is -2.44. The van der Waals surface area contributed by atoms with Crippen LogP contribution in [-0.2, 0) is 5.41 Å². The average Bonchev–Trinajstić information content (AvgIpc) is 2.86. The van der Waals surface area contributed by atoms with Gasteiger partial charge in [-0.2, -0.15) is 0 Å². The van der Waals surface area contributed by atoms with Gasteiger partial charge in [0.05, 0.1) is 22.9 Å². The number of nitrogens with zero attached hydrogens (tertiary/aromatic N) is 3. The molecule has 35 heavy (non-hydrogen) atoms. The third-order valence-corrected chi connectivity index (χ3v) is 7.16. The molecule has 1 aliphatic rings. The van der Waals surface area contributed by atoms with E-state index < -0.39 is 0 Å². The molecule has 3 nitrogen and oxygen atoms in total. The molecule has 0 spiro atoms. The number of hydrogen-bond acceptors (Lipinski definition) is 3. The molecular weight excluding hydrogens is 457 g/mol. The predicted octanol–water partition coefficient (Wildman–Crippen LogP) is 7.70. The molecule has 3 aromatic rings. The lowest BCUT2D eigenvalue weighted by molar-refractivity contribution is 0.208. The molecule has 0 atom stereocenters. The van der Waals surface area contributed by atoms with Crippen LogP contribution in [0, 0.1) is 0 Å². The number of hydrogen-bond donors (Lipinski definition) is 0. The van der Waals surface area contributed by atoms with E-state index in [1.807, 2.05) is 12.1 Å². The largest absolute Gasteiger partial charge is 0.372 e. The number of allylic oxidation sites excluding steroid dienone is 1. The van der Waals surface area contributed by atoms with E-state index in [1.165, 1.54) is 5.56 Å². The first-order valence-corrected chi connectivity index (χ1v) is 12.7. The molecule has 0 N–H and O–H groups in total. The van der Waals surface area contributed by atoms with Gasteiger partial charge in [0.2, 0.25) is 0 Å². The van der Waals surface area contributed by atoms with Crippen LogP contribution in [0.1, 0.15) is 44.7 Å². The first-order valence-electron chi connectivity index (χ1n) is 12.3. The van der Waals surface area contributed by atoms with E-state index >= 15 is 0 Å². The molecule has 1 aliphatic heterocycles. The molecule has 2 aromatic carbocycles. The summed E-state index contributed by atoms with van der Waals surface area (Å²) in [5.74, 6) is 0. The van der Waals surface area contributed by atoms with Crippen molar-refractivity contribution >= 4 is 28.2 Å². The van der Waals surface area contributed by atoms with Crippen LogP contribution < -0.4 is 0 Å². The first-order chi connectivity index (χ1) is 16.7. The van der Waals surface area contributed by atoms with Gasteiger partial charge in [-0.15, -0.1) is 0 Å². The third kappa shape index (κ3) is 5.70. The Hall–Kier alpha value is -2.85. The van der Waals surface area contributed by atoms with E-state index in [0.717, 1.165) is 71.7 Å². The highest BCUT2D eigenvalue weighted by Gasteiger charge is 2.20. The van der Waals surface area contributed by atoms with Crippen LogP contribution in [-0.4, -0.2) is 47.6 Å². The summed E-state index contributed by atoms with van der Waals surface area (Å²) in [7, 11) is 0. The van der Waals surface area contributed by atoms with Crippen LogP contribution in [0.5, 0.6) is 0 Å². The Morgan fingerprint density at radius 3 is 2.26 bits per heavy atom. The van der Waals surface area contributed by atoms with Crippen LogP contribution in [0.15, 0.2) is 67.4 Å². The van der Waals surface area contributed by atoms with Gasteiger partial charge >= 0.3 is 0 Å². The second-order valence-corrected chi connectivity index (χ2v) is 10.7. The monoisotopic (exact) mass is 491 g/mol. The topological polar surface area (TPSA) is 19.4 Å². The van der Waals surface area contributed by atoms with Gasteiger partial charge in [-0.3, -0.25) is 4.39 Å². The molecule has 0 amide bonds. The highest BCUT2D eigenvalue weighted by molar-refractivity contribution is 6.35. The molecule has 0 unspecified atom stereocenters. The summed E-state index contributed by atoms with van der Waals surface area (Å²) in [6.45, 7) is 18.3. The molecule has 0 bridgehead atoms. The van der Waals surface area contributed by atoms with Crippen LogP contribution >= 0.6 is 11.6 Å². The van der Waals surface area contributed by atoms with Gasteiger partial charge in [0.25, 0.3) is 0 Å². The second-order valence-electron chi connectivity index (χ2n) is 10.3. The summed E-state index contributed by atoms with van der Waals surface area (Å²) < 4.78 is 12.5. The van der Waals surface area contributed by atoms with Crippen molar-refractivity contribution in [3.05, 3.63) is 83.5 Å². The number of aromatic nitrogens is 1. The molecule has 5 heteroatoms. The predicted molar refractivity (Wildman–Crippen MR) is 147 cm³/mol. The molecule has 1 aromatic heterocycles. The number of halogens is 2. The molecule has 4 rings (SSSR count). The molecular formula is C30H35ClFN3. The van der Waals surface area contributed by atoms with Crippen molar-refractivity contribution < 1.29 is 4.39 Å². The Morgan fingerprint density at radius 2 is 1.63 bits per heavy atom. The Bertz CT molecular complexity index is 1220. The van der Waals surface area contributed by atoms with Gasteiger partial charge in [-0.1, -0.05) is 81.9 Å². The highest BCUT2D eigenvalue weighted by Crippen LogP contribution is 2.32. The van der Waals surface area contributed by atoms with Gasteiger partial charge in [0.15, 0.2) is 0 Å². The van der Waals surface area contributed by atoms with E-state index in [0.29, 0.717) is 11.4 Å². The van der Waals surface area contributed by atoms with Crippen molar-refractivity contribution in [2.45, 2.75) is 39.0 Å². The number of alkyl halides is 1. The maximum absolute atomic E-state index is 12.5. The first kappa shape index (κ1) is 25.2. The Kier molecular flexibility index (Phi) is 7.51. The highest BCUT2D eigenvalue weighted by atomic mass is 35.5. The maximum atomic E-state index is 12.5. The quantitative estimate of drug-likeness (QED) is 0.337. The lowest BCUT2D eigenvalue weighted by Gasteiger charge is -2.39. The van der Waals surface area contributed by atoms with Crippen molar-refractivity contribution in [3.8, 4) is 11.3 Å². The fourth-order valence-corrected chi connectivity index (χ4v) is 4.82. The number of pyridine rings is 1. The van der Waals surface area contributed by atoms with Gasteiger partial charge in [0.1, 0.15) is 0 Å². The molecule has 0 saturated carbocycles. The zero-order valence-corrected chi connectivity index (χ0v) is 21.8. The number of rotatable bonds is 7. The average molecular weight is 492 g/mol. The van der Waals surface area contributed by atoms with Crippen LogP contribution in [0.25, 0.3) is 27.9 Å². The summed E-state index contributed by atoms with van der Waals surface area (Å²) in [5, 5.41) is 1.63. The zero-order valence-electron chi connectivity index (χ0n) is 21.1. The van der Waals surface area contributed by atoms with Gasteiger partial charge in [0, 0.05) is 48.5 Å². The van der Waals surface area contributed by atoms with E-state index in [4.69, 9.17) is 16.6 Å². The SMILES string of the molecule is C=C(CCCF)N1CCN(C(=C)c2ccc3c(Cl)cc(-c4ccc(C(C)(C)C)cc4)nc3c2)CC1. The van der Waals surface area contributed by atoms with Gasteiger partial charge < -0.3 is 9.80 Å². The Morgan fingerprint density at radius 1 is 0.971 bits per heavy atom. The molecule has 0 radical (unpaired) electrons. The standard InChI is InChI=1S/C30H35ClFN3/c1-21(7-6-14-32)34-15-17-35(18-16-34)22(2)24-10-13-26-27(31)20-28(33-29(26)19-24)23-8-11-25(12-9-23)30(3,4)5/h8-13,19-20H,1-2,6-7,14-18H2,3-5H3. The lowest BCUT2D eigenvalue weighted by atomic mass is 9.86. The smallest absolute Gasteiger partial charge is 0.0898 e. The maximum Gasteiger partial charge on any atom is 0.0898 e. The molecule has 2 heterocycles. The van der Waals surface area contributed by atoms with E-state index in [2.05, 4.69) is 80.1 Å². The van der Waals surface area contributed by atoms with Crippen molar-refractivity contribution in [1.82, 2.24) is 14.8 Å². The third-order valence-electron chi connectivity index (χ3n) is 6.85. The minimum absolute atomic E-state index is 0.107. The molecule has 0 aliphatic carbocycles. The minimum atomic E-state index is -0.292. The van der Waals surface area contributed by atoms with E-state index in [1.54, 1.807) is 0 Å². The van der Waals surface area contributed by atoms with Gasteiger partial charge in [-0.05, 0) is 41.5 Å². The summed E-state index contributed by atoms with van der Waals surface area (Å²) in [5.41, 5.74) is 7.24. The van der Waals surface area contributed by atoms with Crippen LogP contribution in [0.3, 0.4) is 0 Å². The van der Waals surface area contributed by atoms with Crippen LogP contribution in [0.4, 0.5) is 4.39 Å². The van der Waals surface area contributed by atoms with Crippen molar-refractivity contribution in [1.29, 1.82) is 0 Å². The molecule has 1 fully saturated rings. The van der Waals surface area contributed by atoms with E-state index in [-0.39, 0.29) is 12.1 Å². The molecule has 184 valence electrons. The van der Waals surface area contributed by atoms with Crippen molar-refractivity contribution in [3.63, 3.8) is 0 Å². The van der Waals surface area contributed by atoms with Crippen molar-refractivity contribution in [2.24, 2.45) is 0 Å². The van der Waals surface area contributed by atoms with Gasteiger partial charge in [-0.25, -0.2) is 4.98 Å². The molecule has 1 saturated heterocycles. The van der Waals surface area contributed by atoms with Crippen molar-refractivity contribution in [2.75, 3.05) is 32.9 Å². The minimum Gasteiger partial charge on any atom is -0.372 e. The zero-order chi connectivity index (χ0) is 25.2. The summed E-state index contributed by atoms with van der Waals surface area (Å²) in [6.07, 6.45) is 1.26. The summed E-state index contributed by atoms with van der Waals surface area (Å²) in [6, 6.07) is 16.7. The summed E-state index contributed by atoms with van der Waals surface area (Å²) in [4.78, 5) is 9.52. The second kappa shape index (κ2) is 10.4.